The van der Waals surface area contributed by atoms with E-state index in [9.17, 15) is 0 Å². The summed E-state index contributed by atoms with van der Waals surface area (Å²) in [7, 11) is 0. The van der Waals surface area contributed by atoms with Crippen LogP contribution in [0.2, 0.25) is 0 Å². The van der Waals surface area contributed by atoms with Gasteiger partial charge in [0.25, 0.3) is 0 Å². The van der Waals surface area contributed by atoms with E-state index in [1.54, 1.807) is 6.20 Å². The van der Waals surface area contributed by atoms with Gasteiger partial charge in [-0.05, 0) is 30.7 Å². The van der Waals surface area contributed by atoms with Gasteiger partial charge in [0.2, 0.25) is 0 Å². The molecule has 3 aromatic heterocycles. The summed E-state index contributed by atoms with van der Waals surface area (Å²) in [6.07, 6.45) is 5.10. The van der Waals surface area contributed by atoms with Gasteiger partial charge < -0.3 is 8.98 Å². The summed E-state index contributed by atoms with van der Waals surface area (Å²) >= 11 is 0. The number of hydrogen-bond donors (Lipinski definition) is 0. The van der Waals surface area contributed by atoms with Crippen LogP contribution in [0, 0.1) is 6.92 Å². The van der Waals surface area contributed by atoms with Crippen molar-refractivity contribution in [3.63, 3.8) is 0 Å². The highest BCUT2D eigenvalue weighted by Crippen LogP contribution is 2.26. The summed E-state index contributed by atoms with van der Waals surface area (Å²) in [5, 5.41) is 0. The normalized spacial score (nSPS) is 11.1. The van der Waals surface area contributed by atoms with Crippen LogP contribution in [0.4, 0.5) is 0 Å². The third-order valence-electron chi connectivity index (χ3n) is 3.67. The molecule has 0 spiro atoms. The summed E-state index contributed by atoms with van der Waals surface area (Å²) < 4.78 is 7.49. The molecule has 0 aliphatic carbocycles. The van der Waals surface area contributed by atoms with Crippen LogP contribution in [0.3, 0.4) is 0 Å². The standard InChI is InChI=1S/C17H14N4O/c1-12-16(19-11-22-12)17-20-14-6-2-3-7-15(14)21(17)10-13-5-4-8-18-9-13/h2-9,11H,10H2,1H3. The molecular formula is C17H14N4O. The van der Waals surface area contributed by atoms with Gasteiger partial charge in [0.05, 0.1) is 17.6 Å². The van der Waals surface area contributed by atoms with Gasteiger partial charge in [-0.1, -0.05) is 18.2 Å². The SMILES string of the molecule is Cc1ocnc1-c1nc2ccccc2n1Cc1cccnc1. The third kappa shape index (κ3) is 2.07. The first-order chi connectivity index (χ1) is 10.8. The molecule has 3 heterocycles. The van der Waals surface area contributed by atoms with Crippen LogP contribution in [-0.2, 0) is 6.54 Å². The number of hydrogen-bond acceptors (Lipinski definition) is 4. The number of imidazole rings is 1. The second-order valence-electron chi connectivity index (χ2n) is 5.13. The Bertz CT molecular complexity index is 924. The average molecular weight is 290 g/mol. The highest BCUT2D eigenvalue weighted by atomic mass is 16.3. The zero-order valence-electron chi connectivity index (χ0n) is 12.1. The number of aryl methyl sites for hydroxylation is 1. The van der Waals surface area contributed by atoms with E-state index < -0.39 is 0 Å². The number of para-hydroxylation sites is 2. The van der Waals surface area contributed by atoms with Crippen molar-refractivity contribution in [1.29, 1.82) is 0 Å². The first-order valence-electron chi connectivity index (χ1n) is 7.07. The number of fused-ring (bicyclic) bond motifs is 1. The number of pyridine rings is 1. The van der Waals surface area contributed by atoms with E-state index in [1.165, 1.54) is 6.39 Å². The Labute approximate surface area is 127 Å². The molecule has 1 aromatic carbocycles. The minimum atomic E-state index is 0.690. The van der Waals surface area contributed by atoms with Gasteiger partial charge in [0.1, 0.15) is 11.5 Å². The van der Waals surface area contributed by atoms with Gasteiger partial charge in [-0.3, -0.25) is 4.98 Å². The zero-order valence-corrected chi connectivity index (χ0v) is 12.1. The van der Waals surface area contributed by atoms with Crippen molar-refractivity contribution in [3.05, 3.63) is 66.5 Å². The fourth-order valence-corrected chi connectivity index (χ4v) is 2.61. The summed E-state index contributed by atoms with van der Waals surface area (Å²) in [6.45, 7) is 2.59. The highest BCUT2D eigenvalue weighted by molar-refractivity contribution is 5.80. The molecule has 0 saturated heterocycles. The lowest BCUT2D eigenvalue weighted by atomic mass is 10.2. The fraction of sp³-hybridized carbons (Fsp3) is 0.118. The zero-order chi connectivity index (χ0) is 14.9. The second kappa shape index (κ2) is 5.11. The lowest BCUT2D eigenvalue weighted by Crippen LogP contribution is -2.03. The number of oxazole rings is 1. The molecule has 5 nitrogen and oxygen atoms in total. The lowest BCUT2D eigenvalue weighted by Gasteiger charge is -2.08. The maximum absolute atomic E-state index is 5.34. The molecular weight excluding hydrogens is 276 g/mol. The Balaban J connectivity index is 1.93. The number of rotatable bonds is 3. The van der Waals surface area contributed by atoms with Gasteiger partial charge in [0.15, 0.2) is 12.2 Å². The Morgan fingerprint density at radius 2 is 2.05 bits per heavy atom. The van der Waals surface area contributed by atoms with Crippen molar-refractivity contribution in [2.45, 2.75) is 13.5 Å². The maximum atomic E-state index is 5.34. The van der Waals surface area contributed by atoms with Gasteiger partial charge in [0, 0.05) is 12.4 Å². The molecule has 0 bridgehead atoms. The van der Waals surface area contributed by atoms with E-state index in [-0.39, 0.29) is 0 Å². The van der Waals surface area contributed by atoms with Gasteiger partial charge in [-0.15, -0.1) is 0 Å². The maximum Gasteiger partial charge on any atom is 0.181 e. The molecule has 0 radical (unpaired) electrons. The van der Waals surface area contributed by atoms with E-state index in [0.29, 0.717) is 6.54 Å². The molecule has 4 aromatic rings. The van der Waals surface area contributed by atoms with E-state index in [4.69, 9.17) is 9.40 Å². The number of benzene rings is 1. The van der Waals surface area contributed by atoms with Crippen LogP contribution in [0.5, 0.6) is 0 Å². The minimum absolute atomic E-state index is 0.690. The molecule has 0 aliphatic heterocycles. The minimum Gasteiger partial charge on any atom is -0.448 e. The molecule has 0 atom stereocenters. The largest absolute Gasteiger partial charge is 0.448 e. The lowest BCUT2D eigenvalue weighted by molar-refractivity contribution is 0.527. The summed E-state index contributed by atoms with van der Waals surface area (Å²) in [6, 6.07) is 12.1. The molecule has 0 amide bonds. The molecule has 0 saturated carbocycles. The molecule has 0 unspecified atom stereocenters. The topological polar surface area (TPSA) is 56.7 Å². The molecule has 108 valence electrons. The third-order valence-corrected chi connectivity index (χ3v) is 3.67. The Hall–Kier alpha value is -2.95. The molecule has 0 aliphatic rings. The van der Waals surface area contributed by atoms with E-state index in [2.05, 4.69) is 26.7 Å². The van der Waals surface area contributed by atoms with Crippen LogP contribution in [0.25, 0.3) is 22.6 Å². The Kier molecular flexibility index (Phi) is 2.96. The van der Waals surface area contributed by atoms with Gasteiger partial charge in [-0.25, -0.2) is 9.97 Å². The predicted molar refractivity (Wildman–Crippen MR) is 83.3 cm³/mol. The predicted octanol–water partition coefficient (Wildman–Crippen LogP) is 3.44. The van der Waals surface area contributed by atoms with Crippen LogP contribution in [0.1, 0.15) is 11.3 Å². The van der Waals surface area contributed by atoms with Crippen LogP contribution in [0.15, 0.2) is 59.6 Å². The van der Waals surface area contributed by atoms with E-state index >= 15 is 0 Å². The molecule has 0 fully saturated rings. The van der Waals surface area contributed by atoms with Gasteiger partial charge >= 0.3 is 0 Å². The smallest absolute Gasteiger partial charge is 0.181 e. The van der Waals surface area contributed by atoms with Crippen LogP contribution < -0.4 is 0 Å². The Morgan fingerprint density at radius 3 is 2.82 bits per heavy atom. The molecule has 0 N–H and O–H groups in total. The summed E-state index contributed by atoms with van der Waals surface area (Å²) in [5.74, 6) is 1.58. The Morgan fingerprint density at radius 1 is 1.14 bits per heavy atom. The van der Waals surface area contributed by atoms with Crippen molar-refractivity contribution in [2.24, 2.45) is 0 Å². The molecule has 22 heavy (non-hydrogen) atoms. The van der Waals surface area contributed by atoms with E-state index in [0.717, 1.165) is 33.9 Å². The fourth-order valence-electron chi connectivity index (χ4n) is 2.61. The molecule has 5 heteroatoms. The van der Waals surface area contributed by atoms with Gasteiger partial charge in [-0.2, -0.15) is 0 Å². The summed E-state index contributed by atoms with van der Waals surface area (Å²) in [5.41, 5.74) is 3.92. The highest BCUT2D eigenvalue weighted by Gasteiger charge is 2.17. The van der Waals surface area contributed by atoms with E-state index in [1.807, 2.05) is 37.4 Å². The summed E-state index contributed by atoms with van der Waals surface area (Å²) in [4.78, 5) is 13.2. The number of aromatic nitrogens is 4. The van der Waals surface area contributed by atoms with Crippen molar-refractivity contribution >= 4 is 11.0 Å². The monoisotopic (exact) mass is 290 g/mol. The second-order valence-corrected chi connectivity index (χ2v) is 5.13. The van der Waals surface area contributed by atoms with Crippen molar-refractivity contribution in [1.82, 2.24) is 19.5 Å². The first-order valence-corrected chi connectivity index (χ1v) is 7.07. The first kappa shape index (κ1) is 12.8. The molecule has 4 rings (SSSR count). The number of nitrogens with zero attached hydrogens (tertiary/aromatic N) is 4. The van der Waals surface area contributed by atoms with Crippen LogP contribution >= 0.6 is 0 Å². The van der Waals surface area contributed by atoms with Crippen molar-refractivity contribution < 1.29 is 4.42 Å². The van der Waals surface area contributed by atoms with Crippen molar-refractivity contribution in [2.75, 3.05) is 0 Å². The average Bonchev–Trinajstić information content (AvgIpc) is 3.12. The van der Waals surface area contributed by atoms with Crippen molar-refractivity contribution in [3.8, 4) is 11.5 Å². The van der Waals surface area contributed by atoms with Crippen LogP contribution in [-0.4, -0.2) is 19.5 Å². The quantitative estimate of drug-likeness (QED) is 0.580.